The number of carbonyl (C=O) groups excluding carboxylic acids is 3. The topological polar surface area (TPSA) is 142 Å². The second kappa shape index (κ2) is 14.3. The summed E-state index contributed by atoms with van der Waals surface area (Å²) in [5, 5.41) is 12.6. The number of aryl methyl sites for hydroxylation is 2. The molecule has 1 aromatic heterocycles. The Bertz CT molecular complexity index is 1030. The molecule has 1 aromatic carbocycles. The van der Waals surface area contributed by atoms with Crippen LogP contribution in [0.2, 0.25) is 0 Å². The normalized spacial score (nSPS) is 13.1. The van der Waals surface area contributed by atoms with E-state index in [9.17, 15) is 14.4 Å². The predicted molar refractivity (Wildman–Crippen MR) is 141 cm³/mol. The largest absolute Gasteiger partial charge is 0.380 e. The van der Waals surface area contributed by atoms with Crippen LogP contribution in [0.25, 0.3) is 0 Å². The van der Waals surface area contributed by atoms with Gasteiger partial charge in [-0.05, 0) is 43.4 Å². The van der Waals surface area contributed by atoms with E-state index in [2.05, 4.69) is 26.0 Å². The van der Waals surface area contributed by atoms with E-state index in [4.69, 9.17) is 5.84 Å². The van der Waals surface area contributed by atoms with Gasteiger partial charge in [-0.15, -0.1) is 12.4 Å². The fourth-order valence-electron chi connectivity index (χ4n) is 3.66. The number of hydrazone groups is 1. The van der Waals surface area contributed by atoms with Gasteiger partial charge in [0.25, 0.3) is 5.91 Å². The molecule has 1 aliphatic rings. The summed E-state index contributed by atoms with van der Waals surface area (Å²) >= 11 is 1.18. The van der Waals surface area contributed by atoms with Crippen LogP contribution in [0, 0.1) is 0 Å². The monoisotopic (exact) mass is 521 g/mol. The lowest BCUT2D eigenvalue weighted by Gasteiger charge is -2.15. The summed E-state index contributed by atoms with van der Waals surface area (Å²) in [7, 11) is 0. The maximum atomic E-state index is 12.8. The van der Waals surface area contributed by atoms with Crippen LogP contribution in [0.15, 0.2) is 29.4 Å². The van der Waals surface area contributed by atoms with Crippen molar-refractivity contribution in [3.8, 4) is 0 Å². The number of nitrogens with two attached hydrogens (primary N) is 1. The van der Waals surface area contributed by atoms with Gasteiger partial charge in [-0.2, -0.15) is 5.10 Å². The molecule has 3 amide bonds. The summed E-state index contributed by atoms with van der Waals surface area (Å²) < 4.78 is 0. The van der Waals surface area contributed by atoms with Gasteiger partial charge in [-0.1, -0.05) is 23.5 Å². The molecule has 3 rings (SSSR count). The van der Waals surface area contributed by atoms with Gasteiger partial charge in [0.05, 0.1) is 12.2 Å². The molecule has 1 saturated heterocycles. The molecule has 0 bridgehead atoms. The molecule has 0 spiro atoms. The third kappa shape index (κ3) is 8.84. The molecule has 0 unspecified atom stereocenters. The Morgan fingerprint density at radius 3 is 2.69 bits per heavy atom. The predicted octanol–water partition coefficient (Wildman–Crippen LogP) is 2.41. The number of hydrogen-bond acceptors (Lipinski definition) is 8. The minimum absolute atomic E-state index is 0. The quantitative estimate of drug-likeness (QED) is 0.146. The summed E-state index contributed by atoms with van der Waals surface area (Å²) in [6.07, 6.45) is 5.07. The highest BCUT2D eigenvalue weighted by molar-refractivity contribution is 7.17. The van der Waals surface area contributed by atoms with Crippen LogP contribution in [0.3, 0.4) is 0 Å². The smallest absolute Gasteiger partial charge is 0.263 e. The number of nitrogens with zero attached hydrogens (tertiary/aromatic N) is 3. The molecule has 2 aromatic rings. The minimum atomic E-state index is -0.231. The number of benzene rings is 1. The number of anilines is 2. The van der Waals surface area contributed by atoms with E-state index in [-0.39, 0.29) is 30.1 Å². The highest BCUT2D eigenvalue weighted by Crippen LogP contribution is 2.25. The summed E-state index contributed by atoms with van der Waals surface area (Å²) in [5.74, 6) is 4.84. The zero-order valence-corrected chi connectivity index (χ0v) is 21.3. The van der Waals surface area contributed by atoms with E-state index >= 15 is 0 Å². The van der Waals surface area contributed by atoms with Crippen LogP contribution in [0.5, 0.6) is 0 Å². The van der Waals surface area contributed by atoms with Crippen molar-refractivity contribution in [3.63, 3.8) is 0 Å². The first-order valence-electron chi connectivity index (χ1n) is 11.3. The first-order chi connectivity index (χ1) is 16.5. The second-order valence-electron chi connectivity index (χ2n) is 7.98. The van der Waals surface area contributed by atoms with E-state index in [1.807, 2.05) is 29.2 Å². The van der Waals surface area contributed by atoms with Gasteiger partial charge >= 0.3 is 0 Å². The third-order valence-corrected chi connectivity index (χ3v) is 6.37. The zero-order valence-electron chi connectivity index (χ0n) is 19.7. The summed E-state index contributed by atoms with van der Waals surface area (Å²) in [5.41, 5.74) is 2.72. The Balaban J connectivity index is 0.00000432. The molecule has 0 saturated carbocycles. The van der Waals surface area contributed by atoms with E-state index in [1.165, 1.54) is 18.3 Å². The molecule has 1 aliphatic heterocycles. The van der Waals surface area contributed by atoms with Crippen molar-refractivity contribution in [1.82, 2.24) is 15.2 Å². The van der Waals surface area contributed by atoms with Crippen molar-refractivity contribution in [1.29, 1.82) is 0 Å². The van der Waals surface area contributed by atoms with Gasteiger partial charge in [-0.25, -0.2) is 4.98 Å². The number of carbonyl (C=O) groups is 3. The highest BCUT2D eigenvalue weighted by Gasteiger charge is 2.21. The Hall–Kier alpha value is -3.18. The van der Waals surface area contributed by atoms with Crippen LogP contribution in [-0.2, 0) is 22.4 Å². The van der Waals surface area contributed by atoms with E-state index in [1.54, 1.807) is 6.21 Å². The lowest BCUT2D eigenvalue weighted by atomic mass is 10.1. The highest BCUT2D eigenvalue weighted by atomic mass is 35.5. The summed E-state index contributed by atoms with van der Waals surface area (Å²) in [4.78, 5) is 42.9. The molecule has 0 radical (unpaired) electrons. The molecule has 10 nitrogen and oxygen atoms in total. The minimum Gasteiger partial charge on any atom is -0.380 e. The number of rotatable bonds is 12. The molecule has 0 atom stereocenters. The van der Waals surface area contributed by atoms with Gasteiger partial charge in [0.2, 0.25) is 11.8 Å². The summed E-state index contributed by atoms with van der Waals surface area (Å²) in [6.45, 7) is 3.88. The van der Waals surface area contributed by atoms with Gasteiger partial charge < -0.3 is 26.7 Å². The fourth-order valence-corrected chi connectivity index (χ4v) is 4.64. The van der Waals surface area contributed by atoms with Crippen molar-refractivity contribution in [3.05, 3.63) is 40.4 Å². The third-order valence-electron chi connectivity index (χ3n) is 5.36. The SMILES string of the molecule is CC(=O)Nc1nc(CCc2ccc(NCC=NN)cc2)c(C(=O)NCCCN2CCCC2=O)s1.Cl. The first kappa shape index (κ1) is 28.1. The number of halogens is 1. The van der Waals surface area contributed by atoms with Gasteiger partial charge in [0, 0.05) is 44.9 Å². The average molecular weight is 522 g/mol. The molecule has 1 fully saturated rings. The fraction of sp³-hybridized carbons (Fsp3) is 0.435. The van der Waals surface area contributed by atoms with Crippen molar-refractivity contribution in [2.24, 2.45) is 10.9 Å². The lowest BCUT2D eigenvalue weighted by Crippen LogP contribution is -2.30. The molecule has 12 heteroatoms. The van der Waals surface area contributed by atoms with E-state index < -0.39 is 0 Å². The van der Waals surface area contributed by atoms with Crippen molar-refractivity contribution in [2.45, 2.75) is 39.0 Å². The Morgan fingerprint density at radius 2 is 2.03 bits per heavy atom. The van der Waals surface area contributed by atoms with Crippen molar-refractivity contribution >= 4 is 58.5 Å². The van der Waals surface area contributed by atoms with Crippen LogP contribution in [0.4, 0.5) is 10.8 Å². The molecule has 190 valence electrons. The van der Waals surface area contributed by atoms with Gasteiger partial charge in [-0.3, -0.25) is 14.4 Å². The maximum Gasteiger partial charge on any atom is 0.263 e. The van der Waals surface area contributed by atoms with Gasteiger partial charge in [0.15, 0.2) is 5.13 Å². The van der Waals surface area contributed by atoms with Crippen LogP contribution in [-0.4, -0.2) is 60.0 Å². The Kier molecular flexibility index (Phi) is 11.4. The molecule has 2 heterocycles. The van der Waals surface area contributed by atoms with E-state index in [0.717, 1.165) is 24.2 Å². The number of amides is 3. The number of hydrogen-bond donors (Lipinski definition) is 4. The first-order valence-corrected chi connectivity index (χ1v) is 12.2. The number of thiazole rings is 1. The zero-order chi connectivity index (χ0) is 24.3. The Labute approximate surface area is 215 Å². The number of aromatic nitrogens is 1. The Morgan fingerprint density at radius 1 is 1.26 bits per heavy atom. The maximum absolute atomic E-state index is 12.8. The van der Waals surface area contributed by atoms with Crippen molar-refractivity contribution < 1.29 is 14.4 Å². The molecule has 35 heavy (non-hydrogen) atoms. The average Bonchev–Trinajstić information content (AvgIpc) is 3.41. The molecular weight excluding hydrogens is 490 g/mol. The van der Waals surface area contributed by atoms with Crippen LogP contribution in [0.1, 0.15) is 47.1 Å². The number of likely N-dealkylation sites (tertiary alicyclic amines) is 1. The van der Waals surface area contributed by atoms with E-state index in [0.29, 0.717) is 61.0 Å². The lowest BCUT2D eigenvalue weighted by molar-refractivity contribution is -0.127. The standard InChI is InChI=1S/C23H31N7O3S.ClH/c1-16(31)28-23-29-19(10-7-17-5-8-18(9-6-17)25-12-13-27-24)21(34-23)22(33)26-11-3-15-30-14-2-4-20(30)32;/h5-6,8-9,13,25H,2-4,7,10-12,14-15,24H2,1H3,(H,26,33)(H,28,29,31);1H. The summed E-state index contributed by atoms with van der Waals surface area (Å²) in [6, 6.07) is 7.98. The van der Waals surface area contributed by atoms with Crippen LogP contribution >= 0.6 is 23.7 Å². The van der Waals surface area contributed by atoms with Crippen molar-refractivity contribution in [2.75, 3.05) is 36.8 Å². The molecule has 0 aliphatic carbocycles. The molecule has 5 N–H and O–H groups in total. The van der Waals surface area contributed by atoms with Crippen LogP contribution < -0.4 is 21.8 Å². The molecular formula is C23H32ClN7O3S. The number of nitrogens with one attached hydrogen (secondary N) is 3. The second-order valence-corrected chi connectivity index (χ2v) is 8.98. The van der Waals surface area contributed by atoms with Gasteiger partial charge in [0.1, 0.15) is 4.88 Å².